The zero-order valence-electron chi connectivity index (χ0n) is 11.9. The molecular formula is C15H19ClN4. The quantitative estimate of drug-likeness (QED) is 0.870. The Bertz CT molecular complexity index is 603. The van der Waals surface area contributed by atoms with Crippen LogP contribution in [0.3, 0.4) is 0 Å². The Morgan fingerprint density at radius 2 is 2.20 bits per heavy atom. The van der Waals surface area contributed by atoms with E-state index in [1.807, 2.05) is 10.7 Å². The van der Waals surface area contributed by atoms with Gasteiger partial charge in [0.25, 0.3) is 0 Å². The first-order chi connectivity index (χ1) is 9.69. The highest BCUT2D eigenvalue weighted by Crippen LogP contribution is 2.30. The van der Waals surface area contributed by atoms with Gasteiger partial charge < -0.3 is 0 Å². The van der Waals surface area contributed by atoms with Gasteiger partial charge in [-0.2, -0.15) is 5.10 Å². The standard InChI is InChI=1S/C15H19ClN4/c1-3-4-12-11-6-5-10(2)9-13(11)20(19-12)15-8-7-14(16)17-18-15/h7-8,10H,3-6,9H2,1-2H3. The highest BCUT2D eigenvalue weighted by atomic mass is 35.5. The van der Waals surface area contributed by atoms with Crippen molar-refractivity contribution in [1.82, 2.24) is 20.0 Å². The number of rotatable bonds is 3. The van der Waals surface area contributed by atoms with E-state index < -0.39 is 0 Å². The lowest BCUT2D eigenvalue weighted by Crippen LogP contribution is -2.15. The molecule has 1 unspecified atom stereocenters. The van der Waals surface area contributed by atoms with Crippen LogP contribution < -0.4 is 0 Å². The summed E-state index contributed by atoms with van der Waals surface area (Å²) in [6, 6.07) is 3.65. The summed E-state index contributed by atoms with van der Waals surface area (Å²) in [5, 5.41) is 13.3. The summed E-state index contributed by atoms with van der Waals surface area (Å²) in [6.07, 6.45) is 5.60. The summed E-state index contributed by atoms with van der Waals surface area (Å²) < 4.78 is 1.97. The van der Waals surface area contributed by atoms with Gasteiger partial charge >= 0.3 is 0 Å². The fourth-order valence-corrected chi connectivity index (χ4v) is 3.01. The third-order valence-corrected chi connectivity index (χ3v) is 4.13. The minimum Gasteiger partial charge on any atom is -0.217 e. The Morgan fingerprint density at radius 3 is 2.90 bits per heavy atom. The van der Waals surface area contributed by atoms with E-state index >= 15 is 0 Å². The molecule has 0 spiro atoms. The van der Waals surface area contributed by atoms with Gasteiger partial charge in [-0.15, -0.1) is 10.2 Å². The van der Waals surface area contributed by atoms with Crippen molar-refractivity contribution in [2.75, 3.05) is 0 Å². The minimum atomic E-state index is 0.414. The number of aromatic nitrogens is 4. The van der Waals surface area contributed by atoms with Crippen molar-refractivity contribution in [2.24, 2.45) is 5.92 Å². The molecule has 4 nitrogen and oxygen atoms in total. The maximum atomic E-state index is 5.82. The molecule has 0 aromatic carbocycles. The molecule has 0 bridgehead atoms. The topological polar surface area (TPSA) is 43.6 Å². The molecule has 0 saturated carbocycles. The van der Waals surface area contributed by atoms with Crippen LogP contribution in [0, 0.1) is 5.92 Å². The number of nitrogens with zero attached hydrogens (tertiary/aromatic N) is 4. The fourth-order valence-electron chi connectivity index (χ4n) is 2.91. The van der Waals surface area contributed by atoms with Crippen LogP contribution in [-0.4, -0.2) is 20.0 Å². The highest BCUT2D eigenvalue weighted by Gasteiger charge is 2.24. The van der Waals surface area contributed by atoms with Crippen molar-refractivity contribution >= 4 is 11.6 Å². The van der Waals surface area contributed by atoms with Crippen molar-refractivity contribution < 1.29 is 0 Å². The van der Waals surface area contributed by atoms with Crippen LogP contribution >= 0.6 is 11.6 Å². The average molecular weight is 291 g/mol. The van der Waals surface area contributed by atoms with Crippen molar-refractivity contribution in [3.63, 3.8) is 0 Å². The molecule has 2 heterocycles. The van der Waals surface area contributed by atoms with Crippen LogP contribution in [0.5, 0.6) is 0 Å². The van der Waals surface area contributed by atoms with E-state index in [0.717, 1.165) is 31.5 Å². The second kappa shape index (κ2) is 5.52. The lowest BCUT2D eigenvalue weighted by atomic mass is 9.87. The van der Waals surface area contributed by atoms with Crippen LogP contribution in [0.2, 0.25) is 5.15 Å². The summed E-state index contributed by atoms with van der Waals surface area (Å²) in [5.74, 6) is 1.47. The SMILES string of the molecule is CCCc1nn(-c2ccc(Cl)nn2)c2c1CCC(C)C2. The number of fused-ring (bicyclic) bond motifs is 1. The molecule has 20 heavy (non-hydrogen) atoms. The van der Waals surface area contributed by atoms with E-state index in [1.54, 1.807) is 6.07 Å². The van der Waals surface area contributed by atoms with Crippen molar-refractivity contribution in [2.45, 2.75) is 46.0 Å². The molecule has 2 aromatic heterocycles. The van der Waals surface area contributed by atoms with Gasteiger partial charge in [0.15, 0.2) is 11.0 Å². The van der Waals surface area contributed by atoms with Gasteiger partial charge in [-0.05, 0) is 49.3 Å². The van der Waals surface area contributed by atoms with Crippen LogP contribution in [0.15, 0.2) is 12.1 Å². The minimum absolute atomic E-state index is 0.414. The Hall–Kier alpha value is -1.42. The number of hydrogen-bond donors (Lipinski definition) is 0. The molecule has 5 heteroatoms. The van der Waals surface area contributed by atoms with E-state index in [-0.39, 0.29) is 0 Å². The molecule has 0 saturated heterocycles. The summed E-state index contributed by atoms with van der Waals surface area (Å²) in [4.78, 5) is 0. The lowest BCUT2D eigenvalue weighted by molar-refractivity contribution is 0.486. The second-order valence-corrected chi connectivity index (χ2v) is 5.98. The normalized spacial score (nSPS) is 18.1. The molecule has 1 aliphatic carbocycles. The van der Waals surface area contributed by atoms with Gasteiger partial charge in [0, 0.05) is 5.69 Å². The molecule has 0 amide bonds. The van der Waals surface area contributed by atoms with Gasteiger partial charge in [-0.3, -0.25) is 0 Å². The van der Waals surface area contributed by atoms with Crippen LogP contribution in [0.25, 0.3) is 5.82 Å². The Labute approximate surface area is 124 Å². The predicted octanol–water partition coefficient (Wildman–Crippen LogP) is 3.39. The van der Waals surface area contributed by atoms with E-state index in [1.165, 1.54) is 23.4 Å². The van der Waals surface area contributed by atoms with Gasteiger partial charge in [0.05, 0.1) is 5.69 Å². The van der Waals surface area contributed by atoms with Gasteiger partial charge in [0.2, 0.25) is 0 Å². The predicted molar refractivity (Wildman–Crippen MR) is 79.3 cm³/mol. The van der Waals surface area contributed by atoms with Gasteiger partial charge in [-0.1, -0.05) is 31.9 Å². The first kappa shape index (κ1) is 13.6. The molecule has 3 rings (SSSR count). The summed E-state index contributed by atoms with van der Waals surface area (Å²) in [6.45, 7) is 4.49. The van der Waals surface area contributed by atoms with Gasteiger partial charge in [-0.25, -0.2) is 4.68 Å². The van der Waals surface area contributed by atoms with Crippen molar-refractivity contribution in [3.8, 4) is 5.82 Å². The Morgan fingerprint density at radius 1 is 1.35 bits per heavy atom. The monoisotopic (exact) mass is 290 g/mol. The smallest absolute Gasteiger partial charge is 0.176 e. The van der Waals surface area contributed by atoms with Crippen LogP contribution in [0.1, 0.15) is 43.6 Å². The second-order valence-electron chi connectivity index (χ2n) is 5.60. The van der Waals surface area contributed by atoms with E-state index in [4.69, 9.17) is 16.7 Å². The largest absolute Gasteiger partial charge is 0.217 e. The highest BCUT2D eigenvalue weighted by molar-refractivity contribution is 6.29. The van der Waals surface area contributed by atoms with Crippen LogP contribution in [-0.2, 0) is 19.3 Å². The zero-order chi connectivity index (χ0) is 14.1. The molecule has 106 valence electrons. The molecule has 0 radical (unpaired) electrons. The summed E-state index contributed by atoms with van der Waals surface area (Å²) >= 11 is 5.82. The third kappa shape index (κ3) is 2.44. The van der Waals surface area contributed by atoms with E-state index in [9.17, 15) is 0 Å². The Balaban J connectivity index is 2.08. The summed E-state index contributed by atoms with van der Waals surface area (Å²) in [7, 11) is 0. The molecule has 0 N–H and O–H groups in total. The number of aryl methyl sites for hydroxylation is 1. The average Bonchev–Trinajstić information content (AvgIpc) is 2.78. The molecule has 0 aliphatic heterocycles. The van der Waals surface area contributed by atoms with Crippen LogP contribution in [0.4, 0.5) is 0 Å². The van der Waals surface area contributed by atoms with Gasteiger partial charge in [0.1, 0.15) is 0 Å². The Kier molecular flexibility index (Phi) is 3.74. The first-order valence-electron chi connectivity index (χ1n) is 7.28. The molecule has 1 aliphatic rings. The van der Waals surface area contributed by atoms with E-state index in [2.05, 4.69) is 24.0 Å². The molecular weight excluding hydrogens is 272 g/mol. The lowest BCUT2D eigenvalue weighted by Gasteiger charge is -2.19. The van der Waals surface area contributed by atoms with E-state index in [0.29, 0.717) is 11.1 Å². The number of halogens is 1. The molecule has 1 atom stereocenters. The van der Waals surface area contributed by atoms with Crippen molar-refractivity contribution in [1.29, 1.82) is 0 Å². The zero-order valence-corrected chi connectivity index (χ0v) is 12.7. The summed E-state index contributed by atoms with van der Waals surface area (Å²) in [5.41, 5.74) is 3.97. The third-order valence-electron chi connectivity index (χ3n) is 3.92. The molecule has 2 aromatic rings. The maximum absolute atomic E-state index is 5.82. The molecule has 0 fully saturated rings. The fraction of sp³-hybridized carbons (Fsp3) is 0.533. The van der Waals surface area contributed by atoms with Crippen molar-refractivity contribution in [3.05, 3.63) is 34.2 Å². The number of hydrogen-bond acceptors (Lipinski definition) is 3. The first-order valence-corrected chi connectivity index (χ1v) is 7.66. The maximum Gasteiger partial charge on any atom is 0.176 e.